The molecule has 2 aromatic rings. The van der Waals surface area contributed by atoms with E-state index in [9.17, 15) is 4.79 Å². The number of carbonyl (C=O) groups is 1. The van der Waals surface area contributed by atoms with Gasteiger partial charge in [-0.3, -0.25) is 4.79 Å². The summed E-state index contributed by atoms with van der Waals surface area (Å²) in [7, 11) is 0. The van der Waals surface area contributed by atoms with Gasteiger partial charge in [-0.2, -0.15) is 0 Å². The number of aromatic nitrogens is 2. The standard InChI is InChI=1S/C17H18ClN3OS2/c1-23-17-19-10-14(18)15(21-17)16(22)20-11-6-8-13(9-7-11)24-12-4-2-3-5-12/h6-10,12H,2-5H2,1H3,(H,20,22). The van der Waals surface area contributed by atoms with Crippen LogP contribution in [0.3, 0.4) is 0 Å². The Morgan fingerprint density at radius 3 is 2.62 bits per heavy atom. The lowest BCUT2D eigenvalue weighted by Crippen LogP contribution is -2.15. The highest BCUT2D eigenvalue weighted by Gasteiger charge is 2.17. The molecule has 7 heteroatoms. The normalized spacial score (nSPS) is 14.8. The molecule has 24 heavy (non-hydrogen) atoms. The van der Waals surface area contributed by atoms with E-state index in [1.165, 1.54) is 48.5 Å². The Morgan fingerprint density at radius 1 is 1.25 bits per heavy atom. The van der Waals surface area contributed by atoms with Crippen LogP contribution in [0, 0.1) is 0 Å². The third-order valence-corrected chi connectivity index (χ3v) is 6.02. The summed E-state index contributed by atoms with van der Waals surface area (Å²) in [6.07, 6.45) is 8.58. The van der Waals surface area contributed by atoms with Gasteiger partial charge in [-0.15, -0.1) is 11.8 Å². The minimum absolute atomic E-state index is 0.195. The third-order valence-electron chi connectivity index (χ3n) is 3.84. The van der Waals surface area contributed by atoms with Crippen LogP contribution in [-0.4, -0.2) is 27.4 Å². The fourth-order valence-corrected chi connectivity index (χ4v) is 4.38. The summed E-state index contributed by atoms with van der Waals surface area (Å²) in [5.41, 5.74) is 0.927. The van der Waals surface area contributed by atoms with Crippen LogP contribution in [0.1, 0.15) is 36.2 Å². The molecule has 0 aliphatic heterocycles. The summed E-state index contributed by atoms with van der Waals surface area (Å²) < 4.78 is 0. The van der Waals surface area contributed by atoms with Gasteiger partial charge in [0.1, 0.15) is 0 Å². The van der Waals surface area contributed by atoms with E-state index in [2.05, 4.69) is 15.3 Å². The van der Waals surface area contributed by atoms with Crippen molar-refractivity contribution < 1.29 is 4.79 Å². The molecular weight excluding hydrogens is 362 g/mol. The first-order valence-electron chi connectivity index (χ1n) is 7.80. The van der Waals surface area contributed by atoms with Crippen molar-refractivity contribution >= 4 is 46.7 Å². The number of amides is 1. The average molecular weight is 380 g/mol. The van der Waals surface area contributed by atoms with Crippen molar-refractivity contribution in [1.29, 1.82) is 0 Å². The molecule has 1 aromatic heterocycles. The number of hydrogen-bond donors (Lipinski definition) is 1. The summed E-state index contributed by atoms with van der Waals surface area (Å²) in [6, 6.07) is 7.93. The Labute approximate surface area is 155 Å². The van der Waals surface area contributed by atoms with Crippen molar-refractivity contribution in [2.45, 2.75) is 41.0 Å². The maximum atomic E-state index is 12.4. The molecule has 1 amide bonds. The minimum Gasteiger partial charge on any atom is -0.321 e. The number of hydrogen-bond acceptors (Lipinski definition) is 5. The van der Waals surface area contributed by atoms with Crippen LogP contribution in [-0.2, 0) is 0 Å². The molecule has 1 aromatic carbocycles. The SMILES string of the molecule is CSc1ncc(Cl)c(C(=O)Nc2ccc(SC3CCCC3)cc2)n1. The van der Waals surface area contributed by atoms with Crippen LogP contribution in [0.2, 0.25) is 5.02 Å². The average Bonchev–Trinajstić information content (AvgIpc) is 3.10. The van der Waals surface area contributed by atoms with E-state index in [-0.39, 0.29) is 16.6 Å². The molecule has 0 atom stereocenters. The maximum absolute atomic E-state index is 12.4. The molecule has 0 spiro atoms. The van der Waals surface area contributed by atoms with Crippen LogP contribution >= 0.6 is 35.1 Å². The largest absolute Gasteiger partial charge is 0.321 e. The number of benzene rings is 1. The van der Waals surface area contributed by atoms with Gasteiger partial charge in [0.2, 0.25) is 0 Å². The molecular formula is C17H18ClN3OS2. The molecule has 1 fully saturated rings. The van der Waals surface area contributed by atoms with Gasteiger partial charge in [0.15, 0.2) is 10.9 Å². The van der Waals surface area contributed by atoms with Gasteiger partial charge < -0.3 is 5.32 Å². The predicted octanol–water partition coefficient (Wildman–Crippen LogP) is 5.14. The van der Waals surface area contributed by atoms with Crippen molar-refractivity contribution in [2.75, 3.05) is 11.6 Å². The zero-order valence-electron chi connectivity index (χ0n) is 13.3. The Balaban J connectivity index is 1.66. The van der Waals surface area contributed by atoms with E-state index in [0.717, 1.165) is 10.9 Å². The summed E-state index contributed by atoms with van der Waals surface area (Å²) in [4.78, 5) is 21.8. The highest BCUT2D eigenvalue weighted by Crippen LogP contribution is 2.35. The second-order valence-electron chi connectivity index (χ2n) is 5.56. The first kappa shape index (κ1) is 17.6. The second kappa shape index (κ2) is 8.23. The number of thioether (sulfide) groups is 2. The number of nitrogens with zero attached hydrogens (tertiary/aromatic N) is 2. The van der Waals surface area contributed by atoms with Crippen molar-refractivity contribution in [3.05, 3.63) is 41.2 Å². The van der Waals surface area contributed by atoms with Crippen molar-refractivity contribution in [3.63, 3.8) is 0 Å². The van der Waals surface area contributed by atoms with Crippen LogP contribution in [0.4, 0.5) is 5.69 Å². The van der Waals surface area contributed by atoms with Gasteiger partial charge in [0, 0.05) is 15.8 Å². The molecule has 0 saturated heterocycles. The van der Waals surface area contributed by atoms with Gasteiger partial charge >= 0.3 is 0 Å². The smallest absolute Gasteiger partial charge is 0.275 e. The van der Waals surface area contributed by atoms with Crippen LogP contribution < -0.4 is 5.32 Å². The number of anilines is 1. The van der Waals surface area contributed by atoms with Gasteiger partial charge in [0.25, 0.3) is 5.91 Å². The predicted molar refractivity (Wildman–Crippen MR) is 101 cm³/mol. The van der Waals surface area contributed by atoms with Crippen LogP contribution in [0.5, 0.6) is 0 Å². The summed E-state index contributed by atoms with van der Waals surface area (Å²) in [5.74, 6) is -0.325. The van der Waals surface area contributed by atoms with Crippen molar-refractivity contribution in [3.8, 4) is 0 Å². The lowest BCUT2D eigenvalue weighted by Gasteiger charge is -2.10. The number of rotatable bonds is 5. The van der Waals surface area contributed by atoms with Gasteiger partial charge in [0.05, 0.1) is 11.2 Å². The molecule has 0 radical (unpaired) electrons. The van der Waals surface area contributed by atoms with Crippen LogP contribution in [0.15, 0.2) is 40.5 Å². The zero-order chi connectivity index (χ0) is 16.9. The lowest BCUT2D eigenvalue weighted by molar-refractivity contribution is 0.102. The molecule has 4 nitrogen and oxygen atoms in total. The number of nitrogens with one attached hydrogen (secondary N) is 1. The van der Waals surface area contributed by atoms with Crippen molar-refractivity contribution in [2.24, 2.45) is 0 Å². The van der Waals surface area contributed by atoms with E-state index >= 15 is 0 Å². The van der Waals surface area contributed by atoms with E-state index < -0.39 is 0 Å². The molecule has 1 aliphatic rings. The van der Waals surface area contributed by atoms with E-state index in [0.29, 0.717) is 5.16 Å². The third kappa shape index (κ3) is 4.43. The van der Waals surface area contributed by atoms with Crippen LogP contribution in [0.25, 0.3) is 0 Å². The molecule has 1 saturated carbocycles. The lowest BCUT2D eigenvalue weighted by atomic mass is 10.3. The van der Waals surface area contributed by atoms with E-state index in [1.54, 1.807) is 0 Å². The Morgan fingerprint density at radius 2 is 1.96 bits per heavy atom. The summed E-state index contributed by atoms with van der Waals surface area (Å²) in [6.45, 7) is 0. The zero-order valence-corrected chi connectivity index (χ0v) is 15.7. The number of carbonyl (C=O) groups excluding carboxylic acids is 1. The monoisotopic (exact) mass is 379 g/mol. The van der Waals surface area contributed by atoms with Gasteiger partial charge in [-0.1, -0.05) is 36.2 Å². The second-order valence-corrected chi connectivity index (χ2v) is 8.11. The fraction of sp³-hybridized carbons (Fsp3) is 0.353. The summed E-state index contributed by atoms with van der Waals surface area (Å²) >= 11 is 9.33. The quantitative estimate of drug-likeness (QED) is 0.575. The fourth-order valence-electron chi connectivity index (χ4n) is 2.61. The molecule has 0 bridgehead atoms. The van der Waals surface area contributed by atoms with E-state index in [4.69, 9.17) is 11.6 Å². The Bertz CT molecular complexity index is 718. The molecule has 1 heterocycles. The molecule has 3 rings (SSSR count). The first-order valence-corrected chi connectivity index (χ1v) is 10.3. The molecule has 1 aliphatic carbocycles. The molecule has 0 unspecified atom stereocenters. The van der Waals surface area contributed by atoms with Gasteiger partial charge in [-0.25, -0.2) is 9.97 Å². The molecule has 126 valence electrons. The highest BCUT2D eigenvalue weighted by molar-refractivity contribution is 8.00. The number of halogens is 1. The Kier molecular flexibility index (Phi) is 6.03. The maximum Gasteiger partial charge on any atom is 0.275 e. The minimum atomic E-state index is -0.325. The van der Waals surface area contributed by atoms with E-state index in [1.807, 2.05) is 42.3 Å². The topological polar surface area (TPSA) is 54.9 Å². The first-order chi connectivity index (χ1) is 11.7. The Hall–Kier alpha value is -1.24. The summed E-state index contributed by atoms with van der Waals surface area (Å²) in [5, 5.41) is 4.34. The highest BCUT2D eigenvalue weighted by atomic mass is 35.5. The van der Waals surface area contributed by atoms with Gasteiger partial charge in [-0.05, 0) is 43.4 Å². The molecule has 1 N–H and O–H groups in total. The van der Waals surface area contributed by atoms with Crippen molar-refractivity contribution in [1.82, 2.24) is 9.97 Å².